The zero-order chi connectivity index (χ0) is 10.7. The van der Waals surface area contributed by atoms with Crippen molar-refractivity contribution < 1.29 is 9.15 Å². The average Bonchev–Trinajstić information content (AvgIpc) is 2.62. The topological polar surface area (TPSA) is 35.3 Å². The summed E-state index contributed by atoms with van der Waals surface area (Å²) in [6.45, 7) is 2.44. The van der Waals surface area contributed by atoms with Gasteiger partial charge in [0.15, 0.2) is 0 Å². The third-order valence-electron chi connectivity index (χ3n) is 1.90. The van der Waals surface area contributed by atoms with Gasteiger partial charge in [0.1, 0.15) is 24.3 Å². The largest absolute Gasteiger partial charge is 0.487 e. The molecule has 0 unspecified atom stereocenters. The first-order valence-electron chi connectivity index (χ1n) is 4.53. The van der Waals surface area contributed by atoms with E-state index in [0.29, 0.717) is 11.4 Å². The molecule has 1 heterocycles. The van der Waals surface area contributed by atoms with E-state index < -0.39 is 0 Å². The van der Waals surface area contributed by atoms with E-state index >= 15 is 0 Å². The molecule has 0 aliphatic heterocycles. The van der Waals surface area contributed by atoms with Crippen LogP contribution in [-0.2, 0) is 6.61 Å². The van der Waals surface area contributed by atoms with Crippen LogP contribution < -0.4 is 4.74 Å². The van der Waals surface area contributed by atoms with E-state index in [1.54, 1.807) is 6.26 Å². The molecule has 0 bridgehead atoms. The summed E-state index contributed by atoms with van der Waals surface area (Å²) in [5.74, 6) is 0.842. The van der Waals surface area contributed by atoms with Crippen molar-refractivity contribution in [1.29, 1.82) is 0 Å². The lowest BCUT2D eigenvalue weighted by Gasteiger charge is -2.03. The molecule has 0 N–H and O–H groups in total. The Morgan fingerprint density at radius 2 is 2.33 bits per heavy atom. The van der Waals surface area contributed by atoms with Crippen LogP contribution in [0.4, 0.5) is 0 Å². The summed E-state index contributed by atoms with van der Waals surface area (Å²) >= 11 is 3.14. The molecular formula is C11H10BrNO2. The fourth-order valence-corrected chi connectivity index (χ4v) is 1.53. The molecule has 0 spiro atoms. The van der Waals surface area contributed by atoms with Gasteiger partial charge in [-0.05, 0) is 24.6 Å². The molecule has 0 saturated carbocycles. The Balaban J connectivity index is 1.99. The molecule has 0 amide bonds. The molecule has 15 heavy (non-hydrogen) atoms. The van der Waals surface area contributed by atoms with Crippen molar-refractivity contribution in [2.24, 2.45) is 0 Å². The maximum Gasteiger partial charge on any atom is 0.264 e. The number of hydrogen-bond donors (Lipinski definition) is 0. The van der Waals surface area contributed by atoms with Gasteiger partial charge in [-0.1, -0.05) is 12.1 Å². The monoisotopic (exact) mass is 267 g/mol. The number of hydrogen-bond acceptors (Lipinski definition) is 3. The molecule has 2 rings (SSSR count). The van der Waals surface area contributed by atoms with Gasteiger partial charge in [0.25, 0.3) is 4.80 Å². The summed E-state index contributed by atoms with van der Waals surface area (Å²) in [6.07, 6.45) is 1.57. The highest BCUT2D eigenvalue weighted by Crippen LogP contribution is 2.15. The molecule has 4 heteroatoms. The fourth-order valence-electron chi connectivity index (χ4n) is 1.21. The first-order chi connectivity index (χ1) is 7.24. The number of ether oxygens (including phenoxy) is 1. The van der Waals surface area contributed by atoms with Crippen LogP contribution >= 0.6 is 15.9 Å². The van der Waals surface area contributed by atoms with Crippen molar-refractivity contribution in [1.82, 2.24) is 4.98 Å². The van der Waals surface area contributed by atoms with Crippen LogP contribution in [-0.4, -0.2) is 4.98 Å². The van der Waals surface area contributed by atoms with E-state index in [4.69, 9.17) is 9.15 Å². The van der Waals surface area contributed by atoms with Crippen LogP contribution in [0, 0.1) is 6.92 Å². The van der Waals surface area contributed by atoms with Gasteiger partial charge in [-0.2, -0.15) is 0 Å². The van der Waals surface area contributed by atoms with E-state index in [9.17, 15) is 0 Å². The van der Waals surface area contributed by atoms with Gasteiger partial charge in [0.05, 0.1) is 0 Å². The van der Waals surface area contributed by atoms with Crippen LogP contribution in [0.2, 0.25) is 0 Å². The minimum Gasteiger partial charge on any atom is -0.487 e. The van der Waals surface area contributed by atoms with Crippen LogP contribution in [0.3, 0.4) is 0 Å². The van der Waals surface area contributed by atoms with Crippen LogP contribution in [0.1, 0.15) is 11.3 Å². The number of rotatable bonds is 3. The van der Waals surface area contributed by atoms with Crippen LogP contribution in [0.25, 0.3) is 0 Å². The molecule has 0 atom stereocenters. The molecule has 0 fully saturated rings. The van der Waals surface area contributed by atoms with E-state index in [0.717, 1.165) is 11.4 Å². The quantitative estimate of drug-likeness (QED) is 0.856. The Morgan fingerprint density at radius 3 is 3.00 bits per heavy atom. The van der Waals surface area contributed by atoms with Gasteiger partial charge in [-0.3, -0.25) is 0 Å². The molecule has 0 radical (unpaired) electrons. The third-order valence-corrected chi connectivity index (χ3v) is 2.26. The van der Waals surface area contributed by atoms with Gasteiger partial charge < -0.3 is 9.15 Å². The predicted molar refractivity (Wildman–Crippen MR) is 59.7 cm³/mol. The van der Waals surface area contributed by atoms with Crippen molar-refractivity contribution in [3.8, 4) is 5.75 Å². The smallest absolute Gasteiger partial charge is 0.264 e. The van der Waals surface area contributed by atoms with E-state index in [-0.39, 0.29) is 0 Å². The zero-order valence-electron chi connectivity index (χ0n) is 8.24. The van der Waals surface area contributed by atoms with Crippen molar-refractivity contribution in [2.45, 2.75) is 13.5 Å². The maximum absolute atomic E-state index is 5.54. The van der Waals surface area contributed by atoms with Gasteiger partial charge in [0.2, 0.25) is 0 Å². The zero-order valence-corrected chi connectivity index (χ0v) is 9.82. The van der Waals surface area contributed by atoms with Gasteiger partial charge in [0, 0.05) is 15.9 Å². The number of benzene rings is 1. The highest BCUT2D eigenvalue weighted by molar-refractivity contribution is 9.10. The average molecular weight is 268 g/mol. The third kappa shape index (κ3) is 2.83. The predicted octanol–water partition coefficient (Wildman–Crippen LogP) is 3.32. The van der Waals surface area contributed by atoms with Crippen LogP contribution in [0.5, 0.6) is 5.75 Å². The van der Waals surface area contributed by atoms with Gasteiger partial charge in [-0.15, -0.1) is 0 Å². The molecule has 1 aromatic heterocycles. The van der Waals surface area contributed by atoms with Gasteiger partial charge >= 0.3 is 0 Å². The molecule has 2 aromatic rings. The second-order valence-corrected chi connectivity index (χ2v) is 3.88. The Hall–Kier alpha value is -1.29. The van der Waals surface area contributed by atoms with Crippen molar-refractivity contribution in [3.63, 3.8) is 0 Å². The molecule has 1 aromatic carbocycles. The highest BCUT2D eigenvalue weighted by Gasteiger charge is 2.01. The lowest BCUT2D eigenvalue weighted by molar-refractivity contribution is 0.301. The first-order valence-corrected chi connectivity index (χ1v) is 5.33. The van der Waals surface area contributed by atoms with Crippen molar-refractivity contribution in [3.05, 3.63) is 46.6 Å². The molecule has 0 aliphatic carbocycles. The Labute approximate surface area is 96.2 Å². The number of oxazole rings is 1. The van der Waals surface area contributed by atoms with Crippen molar-refractivity contribution >= 4 is 15.9 Å². The number of aryl methyl sites for hydroxylation is 1. The number of aromatic nitrogens is 1. The number of nitrogens with zero attached hydrogens (tertiary/aromatic N) is 1. The molecule has 3 nitrogen and oxygen atoms in total. The summed E-state index contributed by atoms with van der Waals surface area (Å²) < 4.78 is 10.5. The second kappa shape index (κ2) is 4.49. The lowest BCUT2D eigenvalue weighted by atomic mass is 10.2. The first kappa shape index (κ1) is 10.2. The Bertz CT molecular complexity index is 453. The summed E-state index contributed by atoms with van der Waals surface area (Å²) in [5, 5.41) is 0. The van der Waals surface area contributed by atoms with Crippen molar-refractivity contribution in [2.75, 3.05) is 0 Å². The highest BCUT2D eigenvalue weighted by atomic mass is 79.9. The summed E-state index contributed by atoms with van der Waals surface area (Å²) in [6, 6.07) is 7.89. The summed E-state index contributed by atoms with van der Waals surface area (Å²) in [5.41, 5.74) is 1.94. The Kier molecular flexibility index (Phi) is 3.06. The van der Waals surface area contributed by atoms with E-state index in [2.05, 4.69) is 20.9 Å². The second-order valence-electron chi connectivity index (χ2n) is 3.20. The molecule has 0 saturated heterocycles. The minimum atomic E-state index is 0.415. The van der Waals surface area contributed by atoms with E-state index in [1.807, 2.05) is 31.2 Å². The molecular weight excluding hydrogens is 258 g/mol. The summed E-state index contributed by atoms with van der Waals surface area (Å²) in [7, 11) is 0. The molecule has 78 valence electrons. The van der Waals surface area contributed by atoms with Crippen LogP contribution in [0.15, 0.2) is 39.7 Å². The summed E-state index contributed by atoms with van der Waals surface area (Å²) in [4.78, 5) is 4.55. The standard InChI is InChI=1S/C11H10BrNO2/c1-8-3-2-4-10(5-8)14-6-9-7-15-11(12)13-9/h2-5,7H,6H2,1H3. The lowest BCUT2D eigenvalue weighted by Crippen LogP contribution is -1.95. The number of halogens is 1. The van der Waals surface area contributed by atoms with Gasteiger partial charge in [-0.25, -0.2) is 4.98 Å². The normalized spacial score (nSPS) is 10.3. The molecule has 0 aliphatic rings. The minimum absolute atomic E-state index is 0.415. The fraction of sp³-hybridized carbons (Fsp3) is 0.182. The maximum atomic E-state index is 5.54. The Morgan fingerprint density at radius 1 is 1.47 bits per heavy atom. The van der Waals surface area contributed by atoms with E-state index in [1.165, 1.54) is 5.56 Å². The SMILES string of the molecule is Cc1cccc(OCc2coc(Br)n2)c1.